The summed E-state index contributed by atoms with van der Waals surface area (Å²) >= 11 is 0. The van der Waals surface area contributed by atoms with Crippen molar-refractivity contribution in [3.8, 4) is 0 Å². The van der Waals surface area contributed by atoms with Crippen molar-refractivity contribution in [2.45, 2.75) is 31.7 Å². The van der Waals surface area contributed by atoms with Gasteiger partial charge in [0.05, 0.1) is 6.04 Å². The first-order valence-corrected chi connectivity index (χ1v) is 6.53. The van der Waals surface area contributed by atoms with E-state index in [1.807, 2.05) is 0 Å². The predicted molar refractivity (Wildman–Crippen MR) is 68.5 cm³/mol. The van der Waals surface area contributed by atoms with Crippen LogP contribution in [0.5, 0.6) is 0 Å². The Morgan fingerprint density at radius 3 is 2.35 bits per heavy atom. The smallest absolute Gasteiger partial charge is 0.229 e. The molecule has 1 aliphatic heterocycles. The van der Waals surface area contributed by atoms with Crippen LogP contribution in [0.4, 0.5) is 8.78 Å². The third-order valence-electron chi connectivity index (χ3n) is 3.39. The van der Waals surface area contributed by atoms with Gasteiger partial charge in [0, 0.05) is 24.9 Å². The van der Waals surface area contributed by atoms with Gasteiger partial charge >= 0.3 is 0 Å². The number of imide groups is 1. The topological polar surface area (TPSA) is 63.4 Å². The van der Waals surface area contributed by atoms with Crippen molar-refractivity contribution in [2.24, 2.45) is 5.73 Å². The fraction of sp³-hybridized carbons (Fsp3) is 0.429. The first-order valence-electron chi connectivity index (χ1n) is 6.53. The summed E-state index contributed by atoms with van der Waals surface area (Å²) in [6, 6.07) is 2.76. The van der Waals surface area contributed by atoms with E-state index in [0.29, 0.717) is 12.8 Å². The standard InChI is InChI=1S/C14H16F2N2O2/c15-10-5-3-4-9(14(10)16)11(17)8-18-12(19)6-1-2-7-13(18)20/h3-5,11H,1-2,6-8,17H2. The Morgan fingerprint density at radius 2 is 1.75 bits per heavy atom. The van der Waals surface area contributed by atoms with Gasteiger partial charge in [0.15, 0.2) is 11.6 Å². The highest BCUT2D eigenvalue weighted by Crippen LogP contribution is 2.21. The molecule has 0 spiro atoms. The number of likely N-dealkylation sites (tertiary alicyclic amines) is 1. The molecule has 20 heavy (non-hydrogen) atoms. The van der Waals surface area contributed by atoms with Gasteiger partial charge in [-0.2, -0.15) is 0 Å². The number of rotatable bonds is 3. The molecular formula is C14H16F2N2O2. The van der Waals surface area contributed by atoms with Gasteiger partial charge in [0.25, 0.3) is 0 Å². The first kappa shape index (κ1) is 14.6. The second kappa shape index (κ2) is 6.09. The maximum Gasteiger partial charge on any atom is 0.229 e. The van der Waals surface area contributed by atoms with E-state index in [1.165, 1.54) is 12.1 Å². The second-order valence-corrected chi connectivity index (χ2v) is 4.85. The van der Waals surface area contributed by atoms with Crippen LogP contribution in [-0.2, 0) is 9.59 Å². The Balaban J connectivity index is 2.17. The molecule has 0 aromatic heterocycles. The molecule has 2 N–H and O–H groups in total. The minimum atomic E-state index is -1.03. The number of halogens is 2. The molecule has 1 saturated heterocycles. The molecule has 108 valence electrons. The van der Waals surface area contributed by atoms with Crippen molar-refractivity contribution >= 4 is 11.8 Å². The van der Waals surface area contributed by atoms with Gasteiger partial charge < -0.3 is 5.73 Å². The largest absolute Gasteiger partial charge is 0.322 e. The lowest BCUT2D eigenvalue weighted by Crippen LogP contribution is -2.40. The van der Waals surface area contributed by atoms with Gasteiger partial charge in [0.2, 0.25) is 11.8 Å². The van der Waals surface area contributed by atoms with Crippen LogP contribution in [0.1, 0.15) is 37.3 Å². The quantitative estimate of drug-likeness (QED) is 0.861. The highest BCUT2D eigenvalue weighted by Gasteiger charge is 2.27. The van der Waals surface area contributed by atoms with E-state index in [9.17, 15) is 18.4 Å². The maximum absolute atomic E-state index is 13.6. The molecule has 1 aromatic carbocycles. The molecule has 1 unspecified atom stereocenters. The lowest BCUT2D eigenvalue weighted by atomic mass is 10.1. The van der Waals surface area contributed by atoms with Crippen LogP contribution in [0.25, 0.3) is 0 Å². The van der Waals surface area contributed by atoms with Crippen molar-refractivity contribution in [1.82, 2.24) is 4.90 Å². The van der Waals surface area contributed by atoms with Crippen LogP contribution < -0.4 is 5.73 Å². The Hall–Kier alpha value is -1.82. The molecule has 0 radical (unpaired) electrons. The minimum absolute atomic E-state index is 0.0325. The molecule has 0 aliphatic carbocycles. The summed E-state index contributed by atoms with van der Waals surface area (Å²) in [5.74, 6) is -2.64. The molecule has 2 rings (SSSR count). The molecule has 6 heteroatoms. The summed E-state index contributed by atoms with van der Waals surface area (Å²) in [7, 11) is 0. The van der Waals surface area contributed by atoms with Crippen molar-refractivity contribution in [1.29, 1.82) is 0 Å². The molecule has 1 atom stereocenters. The summed E-state index contributed by atoms with van der Waals surface area (Å²) in [6.45, 7) is -0.127. The molecular weight excluding hydrogens is 266 g/mol. The van der Waals surface area contributed by atoms with E-state index >= 15 is 0 Å². The van der Waals surface area contributed by atoms with E-state index in [0.717, 1.165) is 11.0 Å². The fourth-order valence-electron chi connectivity index (χ4n) is 2.27. The van der Waals surface area contributed by atoms with E-state index in [-0.39, 0.29) is 36.8 Å². The zero-order chi connectivity index (χ0) is 14.7. The van der Waals surface area contributed by atoms with Crippen LogP contribution in [0.15, 0.2) is 18.2 Å². The average molecular weight is 282 g/mol. The van der Waals surface area contributed by atoms with Gasteiger partial charge in [-0.1, -0.05) is 12.1 Å². The number of hydrogen-bond acceptors (Lipinski definition) is 3. The van der Waals surface area contributed by atoms with Crippen LogP contribution in [0.3, 0.4) is 0 Å². The highest BCUT2D eigenvalue weighted by atomic mass is 19.2. The summed E-state index contributed by atoms with van der Waals surface area (Å²) < 4.78 is 26.8. The third kappa shape index (κ3) is 3.01. The van der Waals surface area contributed by atoms with E-state index in [2.05, 4.69) is 0 Å². The molecule has 0 saturated carbocycles. The zero-order valence-corrected chi connectivity index (χ0v) is 10.9. The number of amides is 2. The number of carbonyl (C=O) groups is 2. The Kier molecular flexibility index (Phi) is 4.44. The minimum Gasteiger partial charge on any atom is -0.322 e. The van der Waals surface area contributed by atoms with Crippen molar-refractivity contribution in [2.75, 3.05) is 6.54 Å². The SMILES string of the molecule is NC(CN1C(=O)CCCCC1=O)c1cccc(F)c1F. The van der Waals surface area contributed by atoms with E-state index in [1.54, 1.807) is 0 Å². The highest BCUT2D eigenvalue weighted by molar-refractivity contribution is 5.96. The van der Waals surface area contributed by atoms with Crippen LogP contribution in [0, 0.1) is 11.6 Å². The number of hydrogen-bond donors (Lipinski definition) is 1. The molecule has 1 aliphatic rings. The average Bonchev–Trinajstić information content (AvgIpc) is 2.57. The summed E-state index contributed by atoms with van der Waals surface area (Å²) in [4.78, 5) is 24.7. The van der Waals surface area contributed by atoms with Gasteiger partial charge in [-0.05, 0) is 18.9 Å². The predicted octanol–water partition coefficient (Wildman–Crippen LogP) is 1.89. The lowest BCUT2D eigenvalue weighted by Gasteiger charge is -2.23. The zero-order valence-electron chi connectivity index (χ0n) is 10.9. The molecule has 0 bridgehead atoms. The summed E-state index contributed by atoms with van der Waals surface area (Å²) in [5, 5.41) is 0. The normalized spacial score (nSPS) is 18.1. The van der Waals surface area contributed by atoms with Crippen LogP contribution in [0.2, 0.25) is 0 Å². The third-order valence-corrected chi connectivity index (χ3v) is 3.39. The van der Waals surface area contributed by atoms with Crippen molar-refractivity contribution in [3.05, 3.63) is 35.4 Å². The summed E-state index contributed by atoms with van der Waals surface area (Å²) in [5.41, 5.74) is 5.79. The maximum atomic E-state index is 13.6. The van der Waals surface area contributed by atoms with Gasteiger partial charge in [-0.3, -0.25) is 14.5 Å². The Morgan fingerprint density at radius 1 is 1.15 bits per heavy atom. The molecule has 1 fully saturated rings. The number of carbonyl (C=O) groups excluding carboxylic acids is 2. The molecule has 1 aromatic rings. The van der Waals surface area contributed by atoms with Crippen LogP contribution >= 0.6 is 0 Å². The number of nitrogens with zero attached hydrogens (tertiary/aromatic N) is 1. The fourth-order valence-corrected chi connectivity index (χ4v) is 2.27. The van der Waals surface area contributed by atoms with Crippen molar-refractivity contribution < 1.29 is 18.4 Å². The summed E-state index contributed by atoms with van der Waals surface area (Å²) in [6.07, 6.45) is 1.88. The first-order chi connectivity index (χ1) is 9.50. The number of benzene rings is 1. The van der Waals surface area contributed by atoms with Gasteiger partial charge in [0.1, 0.15) is 0 Å². The molecule has 1 heterocycles. The Bertz CT molecular complexity index is 516. The van der Waals surface area contributed by atoms with Gasteiger partial charge in [-0.15, -0.1) is 0 Å². The van der Waals surface area contributed by atoms with Gasteiger partial charge in [-0.25, -0.2) is 8.78 Å². The van der Waals surface area contributed by atoms with Crippen LogP contribution in [-0.4, -0.2) is 23.3 Å². The lowest BCUT2D eigenvalue weighted by molar-refractivity contribution is -0.144. The van der Waals surface area contributed by atoms with E-state index in [4.69, 9.17) is 5.73 Å². The second-order valence-electron chi connectivity index (χ2n) is 4.85. The van der Waals surface area contributed by atoms with Crippen molar-refractivity contribution in [3.63, 3.8) is 0 Å². The monoisotopic (exact) mass is 282 g/mol. The Labute approximate surface area is 115 Å². The molecule has 4 nitrogen and oxygen atoms in total. The van der Waals surface area contributed by atoms with E-state index < -0.39 is 17.7 Å². The molecule has 2 amide bonds. The number of nitrogens with two attached hydrogens (primary N) is 1.